The van der Waals surface area contributed by atoms with Crippen LogP contribution in [0.15, 0.2) is 199 Å². The maximum Gasteiger partial charge on any atom is 0.297 e. The van der Waals surface area contributed by atoms with Crippen LogP contribution >= 0.6 is 16.0 Å². The van der Waals surface area contributed by atoms with Crippen LogP contribution in [0.3, 0.4) is 0 Å². The smallest absolute Gasteiger partial charge is 0.297 e. The highest BCUT2D eigenvalue weighted by atomic mass is 31.1. The summed E-state index contributed by atoms with van der Waals surface area (Å²) in [6, 6.07) is 58.3. The van der Waals surface area contributed by atoms with Crippen molar-refractivity contribution in [2.24, 2.45) is 0 Å². The molecule has 0 N–H and O–H groups in total. The van der Waals surface area contributed by atoms with E-state index in [-0.39, 0.29) is 77.1 Å². The number of hydrogen-bond acceptors (Lipinski definition) is 14. The molecule has 14 nitrogen and oxygen atoms in total. The predicted molar refractivity (Wildman–Crippen MR) is 320 cm³/mol. The molecule has 0 fully saturated rings. The molecule has 13 rings (SSSR count). The van der Waals surface area contributed by atoms with Gasteiger partial charge >= 0.3 is 0 Å². The number of fused-ring (bicyclic) bond motifs is 16. The van der Waals surface area contributed by atoms with Gasteiger partial charge in [-0.3, -0.25) is 9.59 Å². The van der Waals surface area contributed by atoms with E-state index in [0.717, 1.165) is 64.6 Å². The van der Waals surface area contributed by atoms with Crippen molar-refractivity contribution in [3.63, 3.8) is 0 Å². The van der Waals surface area contributed by atoms with Gasteiger partial charge in [-0.05, 0) is 104 Å². The highest BCUT2D eigenvalue weighted by molar-refractivity contribution is 7.58. The number of hydrogen-bond donors (Lipinski definition) is 0. The zero-order valence-corrected chi connectivity index (χ0v) is 46.2. The summed E-state index contributed by atoms with van der Waals surface area (Å²) in [4.78, 5) is 29.2. The molecule has 0 unspecified atom stereocenters. The van der Waals surface area contributed by atoms with Crippen molar-refractivity contribution in [3.8, 4) is 23.0 Å². The lowest BCUT2D eigenvalue weighted by Gasteiger charge is -2.15. The Morgan fingerprint density at radius 1 is 0.280 bits per heavy atom. The zero-order valence-electron chi connectivity index (χ0n) is 44.4. The Labute approximate surface area is 471 Å². The van der Waals surface area contributed by atoms with Crippen LogP contribution in [0.1, 0.15) is 20.7 Å². The summed E-state index contributed by atoms with van der Waals surface area (Å²) in [5.41, 5.74) is 2.23. The van der Waals surface area contributed by atoms with Crippen molar-refractivity contribution >= 4 is 114 Å². The molecule has 0 saturated carbocycles. The van der Waals surface area contributed by atoms with E-state index >= 15 is 0 Å². The molecule has 0 bridgehead atoms. The first-order chi connectivity index (χ1) is 40.5. The Morgan fingerprint density at radius 2 is 0.549 bits per heavy atom. The molecule has 3 heterocycles. The lowest BCUT2D eigenvalue weighted by molar-refractivity contribution is 0.0223. The Kier molecular flexibility index (Phi) is 15.6. The SMILES string of the molecule is O=C(c1ccc2c(c1)OCCOCCOCCOc1cc(C(=O)p3oc4ccc5ccccc5c4c4c(ccc5ccccc54)o3)ccc1OCCOCCOCCO2)p1oc2ccc3ccccc3c2c2c(ccc3ccccc32)o1. The van der Waals surface area contributed by atoms with Crippen LogP contribution in [0, 0.1) is 0 Å². The van der Waals surface area contributed by atoms with E-state index < -0.39 is 16.0 Å². The molecule has 10 aromatic carbocycles. The van der Waals surface area contributed by atoms with Gasteiger partial charge in [0.25, 0.3) is 27.1 Å². The molecule has 16 heteroatoms. The Morgan fingerprint density at radius 3 is 0.854 bits per heavy atom. The fraction of sp³-hybridized carbons (Fsp3) is 0.182. The quantitative estimate of drug-likeness (QED) is 0.164. The summed E-state index contributed by atoms with van der Waals surface area (Å²) in [6.45, 7) is 2.81. The van der Waals surface area contributed by atoms with Crippen molar-refractivity contribution in [3.05, 3.63) is 193 Å². The number of carbonyl (C=O) groups excluding carboxylic acids is 2. The predicted octanol–water partition coefficient (Wildman–Crippen LogP) is 16.2. The second-order valence-electron chi connectivity index (χ2n) is 19.3. The first-order valence-electron chi connectivity index (χ1n) is 27.1. The second-order valence-corrected chi connectivity index (χ2v) is 21.9. The van der Waals surface area contributed by atoms with Crippen LogP contribution < -0.4 is 18.9 Å². The summed E-state index contributed by atoms with van der Waals surface area (Å²) in [7, 11) is -4.36. The number of carbonyl (C=O) groups is 2. The van der Waals surface area contributed by atoms with E-state index in [9.17, 15) is 9.59 Å². The molecule has 412 valence electrons. The van der Waals surface area contributed by atoms with Gasteiger partial charge < -0.3 is 54.7 Å². The van der Waals surface area contributed by atoms with Gasteiger partial charge in [-0.15, -0.1) is 0 Å². The lowest BCUT2D eigenvalue weighted by Crippen LogP contribution is -2.16. The van der Waals surface area contributed by atoms with E-state index in [4.69, 9.17) is 54.7 Å². The van der Waals surface area contributed by atoms with Crippen molar-refractivity contribution in [1.82, 2.24) is 0 Å². The minimum atomic E-state index is -2.18. The summed E-state index contributed by atoms with van der Waals surface area (Å²) in [6.07, 6.45) is 0. The van der Waals surface area contributed by atoms with E-state index in [1.165, 1.54) is 0 Å². The molecule has 0 aliphatic carbocycles. The average molecular weight is 1130 g/mol. The van der Waals surface area contributed by atoms with Gasteiger partial charge in [-0.25, -0.2) is 0 Å². The van der Waals surface area contributed by atoms with Crippen LogP contribution in [0.5, 0.6) is 23.0 Å². The zero-order chi connectivity index (χ0) is 55.2. The van der Waals surface area contributed by atoms with Gasteiger partial charge in [0.1, 0.15) is 48.8 Å². The van der Waals surface area contributed by atoms with E-state index in [1.807, 2.05) is 97.1 Å². The first kappa shape index (κ1) is 52.8. The van der Waals surface area contributed by atoms with Gasteiger partial charge in [-0.2, -0.15) is 0 Å². The fourth-order valence-electron chi connectivity index (χ4n) is 10.3. The molecular weight excluding hydrogens is 1080 g/mol. The van der Waals surface area contributed by atoms with Crippen molar-refractivity contribution in [2.45, 2.75) is 0 Å². The highest BCUT2D eigenvalue weighted by Gasteiger charge is 2.23. The summed E-state index contributed by atoms with van der Waals surface area (Å²) < 4.78 is 74.8. The number of benzene rings is 10. The molecule has 2 aromatic heterocycles. The molecule has 82 heavy (non-hydrogen) atoms. The monoisotopic (exact) mass is 1130 g/mol. The molecule has 1 aliphatic rings. The molecule has 0 radical (unpaired) electrons. The molecule has 0 atom stereocenters. The van der Waals surface area contributed by atoms with Crippen LogP contribution in [-0.2, 0) is 18.9 Å². The van der Waals surface area contributed by atoms with E-state index in [2.05, 4.69) is 48.5 Å². The highest BCUT2D eigenvalue weighted by Crippen LogP contribution is 2.45. The van der Waals surface area contributed by atoms with Gasteiger partial charge in [0.05, 0.1) is 52.9 Å². The van der Waals surface area contributed by atoms with Gasteiger partial charge in [0.2, 0.25) is 0 Å². The van der Waals surface area contributed by atoms with Crippen LogP contribution in [0.4, 0.5) is 0 Å². The Bertz CT molecular complexity index is 3980. The number of rotatable bonds is 4. The molecule has 0 spiro atoms. The van der Waals surface area contributed by atoms with Crippen molar-refractivity contribution in [2.75, 3.05) is 79.3 Å². The number of ether oxygens (including phenoxy) is 8. The second kappa shape index (κ2) is 24.3. The first-order valence-corrected chi connectivity index (χ1v) is 29.5. The van der Waals surface area contributed by atoms with E-state index in [0.29, 0.717) is 69.7 Å². The maximum atomic E-state index is 14.6. The summed E-state index contributed by atoms with van der Waals surface area (Å²) in [5, 5.41) is 11.7. The van der Waals surface area contributed by atoms with Gasteiger partial charge in [-0.1, -0.05) is 121 Å². The standard InChI is InChI=1S/C66H54O14P2/c67-65(81-77-55-25-17-43-9-1-5-13-49(43)61(55)62-50-14-6-2-10-44(50)18-26-56(62)78-81)47-21-23-53-59(41-47)75-39-35-71-31-32-72-36-40-76-60-42-48(22-24-54(60)74-38-34-70-30-29-69-33-37-73-53)66(68)82-79-57-27-19-45-11-3-7-15-51(45)63(57)64-52-16-8-4-12-46(52)20-28-58(64)80-82/h1-28,41-42H,29-40H2. The van der Waals surface area contributed by atoms with Crippen molar-refractivity contribution < 1.29 is 64.3 Å². The molecular formula is C66H54O14P2. The third-order valence-electron chi connectivity index (χ3n) is 14.2. The lowest BCUT2D eigenvalue weighted by atomic mass is 9.99. The maximum absolute atomic E-state index is 14.6. The van der Waals surface area contributed by atoms with Crippen LogP contribution in [-0.4, -0.2) is 90.3 Å². The Balaban J connectivity index is 0.704. The minimum absolute atomic E-state index is 0.149. The van der Waals surface area contributed by atoms with Gasteiger partial charge in [0, 0.05) is 32.7 Å². The minimum Gasteiger partial charge on any atom is -0.487 e. The summed E-state index contributed by atoms with van der Waals surface area (Å²) >= 11 is 0. The average Bonchev–Trinajstić information content (AvgIpc) is 3.11. The van der Waals surface area contributed by atoms with E-state index in [1.54, 1.807) is 36.4 Å². The molecule has 1 aliphatic heterocycles. The van der Waals surface area contributed by atoms with Crippen molar-refractivity contribution in [1.29, 1.82) is 0 Å². The molecule has 12 aromatic rings. The fourth-order valence-corrected chi connectivity index (χ4v) is 12.8. The third-order valence-corrected chi connectivity index (χ3v) is 16.8. The molecule has 0 amide bonds. The third kappa shape index (κ3) is 11.0. The summed E-state index contributed by atoms with van der Waals surface area (Å²) in [5.74, 6) is 1.56. The van der Waals surface area contributed by atoms with Crippen LogP contribution in [0.2, 0.25) is 0 Å². The normalized spacial score (nSPS) is 14.5. The molecule has 0 saturated heterocycles. The van der Waals surface area contributed by atoms with Gasteiger partial charge in [0.15, 0.2) is 23.0 Å². The Hall–Kier alpha value is -8.58. The topological polar surface area (TPSA) is 161 Å². The largest absolute Gasteiger partial charge is 0.487 e. The van der Waals surface area contributed by atoms with Crippen LogP contribution in [0.25, 0.3) is 87.0 Å².